The van der Waals surface area contributed by atoms with Crippen molar-refractivity contribution in [2.75, 3.05) is 7.05 Å². The molecule has 4 nitrogen and oxygen atoms in total. The molecule has 0 radical (unpaired) electrons. The molecule has 0 saturated carbocycles. The van der Waals surface area contributed by atoms with Crippen LogP contribution in [0.5, 0.6) is 5.75 Å². The first-order chi connectivity index (χ1) is 10.6. The number of fused-ring (bicyclic) bond motifs is 3. The van der Waals surface area contributed by atoms with Crippen molar-refractivity contribution in [3.8, 4) is 5.75 Å². The van der Waals surface area contributed by atoms with E-state index in [1.165, 1.54) is 12.8 Å². The van der Waals surface area contributed by atoms with E-state index in [0.29, 0.717) is 23.7 Å². The van der Waals surface area contributed by atoms with Crippen LogP contribution in [0.3, 0.4) is 0 Å². The Kier molecular flexibility index (Phi) is 4.56. The molecule has 4 rings (SSSR count). The predicted molar refractivity (Wildman–Crippen MR) is 92.5 cm³/mol. The molecule has 1 aromatic carbocycles. The Hall–Kier alpha value is -1.26. The number of hydrogen-bond acceptors (Lipinski definition) is 3. The lowest BCUT2D eigenvalue weighted by Crippen LogP contribution is -2.48. The second-order valence-electron chi connectivity index (χ2n) is 7.12. The highest BCUT2D eigenvalue weighted by atomic mass is 35.5. The van der Waals surface area contributed by atoms with Crippen LogP contribution in [0.25, 0.3) is 0 Å². The third kappa shape index (κ3) is 2.94. The highest BCUT2D eigenvalue weighted by molar-refractivity contribution is 5.97. The van der Waals surface area contributed by atoms with Gasteiger partial charge in [-0.1, -0.05) is 12.1 Å². The van der Waals surface area contributed by atoms with E-state index in [-0.39, 0.29) is 24.4 Å². The summed E-state index contributed by atoms with van der Waals surface area (Å²) in [6.45, 7) is 2.05. The highest BCUT2D eigenvalue weighted by Crippen LogP contribution is 2.35. The summed E-state index contributed by atoms with van der Waals surface area (Å²) < 4.78 is 5.85. The van der Waals surface area contributed by atoms with Gasteiger partial charge in [-0.05, 0) is 51.3 Å². The average Bonchev–Trinajstić information content (AvgIpc) is 2.94. The van der Waals surface area contributed by atoms with E-state index in [1.807, 2.05) is 12.1 Å². The van der Waals surface area contributed by atoms with Gasteiger partial charge in [0, 0.05) is 24.5 Å². The molecule has 3 unspecified atom stereocenters. The van der Waals surface area contributed by atoms with Gasteiger partial charge in [-0.25, -0.2) is 0 Å². The molecule has 0 aromatic heterocycles. The summed E-state index contributed by atoms with van der Waals surface area (Å²) in [5.74, 6) is 0.823. The molecular weight excluding hydrogens is 312 g/mol. The van der Waals surface area contributed by atoms with E-state index >= 15 is 0 Å². The number of nitrogens with one attached hydrogen (secondary N) is 1. The first-order valence-electron chi connectivity index (χ1n) is 8.43. The van der Waals surface area contributed by atoms with Crippen LogP contribution < -0.4 is 10.1 Å². The number of piperidine rings is 1. The van der Waals surface area contributed by atoms with Crippen LogP contribution in [-0.4, -0.2) is 42.1 Å². The van der Waals surface area contributed by atoms with E-state index in [9.17, 15) is 4.79 Å². The lowest BCUT2D eigenvalue weighted by atomic mass is 9.97. The molecule has 23 heavy (non-hydrogen) atoms. The number of rotatable bonds is 2. The van der Waals surface area contributed by atoms with Crippen molar-refractivity contribution in [2.45, 2.75) is 63.3 Å². The van der Waals surface area contributed by atoms with E-state index < -0.39 is 0 Å². The van der Waals surface area contributed by atoms with Gasteiger partial charge in [0.1, 0.15) is 11.9 Å². The number of hydrogen-bond donors (Lipinski definition) is 1. The minimum absolute atomic E-state index is 0. The Bertz CT molecular complexity index is 593. The second kappa shape index (κ2) is 6.33. The van der Waals surface area contributed by atoms with Gasteiger partial charge in [-0.15, -0.1) is 12.4 Å². The standard InChI is InChI=1S/C18H24N2O2.ClH/c1-11-8-12-4-3-5-16(17(12)22-11)18(21)19-13-9-14-6-7-15(10-13)20(14)2;/h3-5,11,13-15H,6-10H2,1-2H3,(H,19,21);1H. The molecule has 3 aliphatic heterocycles. The van der Waals surface area contributed by atoms with Crippen LogP contribution in [0.4, 0.5) is 0 Å². The van der Waals surface area contributed by atoms with Crippen molar-refractivity contribution in [3.05, 3.63) is 29.3 Å². The molecule has 0 aliphatic carbocycles. The molecule has 2 bridgehead atoms. The van der Waals surface area contributed by atoms with Crippen LogP contribution in [0.1, 0.15) is 48.5 Å². The molecule has 1 amide bonds. The smallest absolute Gasteiger partial charge is 0.255 e. The van der Waals surface area contributed by atoms with Gasteiger partial charge in [0.25, 0.3) is 5.91 Å². The van der Waals surface area contributed by atoms with Crippen LogP contribution in [0.2, 0.25) is 0 Å². The number of para-hydroxylation sites is 1. The maximum Gasteiger partial charge on any atom is 0.255 e. The Morgan fingerprint density at radius 1 is 1.26 bits per heavy atom. The quantitative estimate of drug-likeness (QED) is 0.903. The molecule has 0 spiro atoms. The number of halogens is 1. The maximum absolute atomic E-state index is 12.7. The number of nitrogens with zero attached hydrogens (tertiary/aromatic N) is 1. The molecule has 5 heteroatoms. The Morgan fingerprint density at radius 3 is 2.65 bits per heavy atom. The first kappa shape index (κ1) is 16.6. The van der Waals surface area contributed by atoms with E-state index in [0.717, 1.165) is 30.6 Å². The summed E-state index contributed by atoms with van der Waals surface area (Å²) in [5.41, 5.74) is 1.86. The summed E-state index contributed by atoms with van der Waals surface area (Å²) in [4.78, 5) is 15.2. The van der Waals surface area contributed by atoms with Crippen molar-refractivity contribution < 1.29 is 9.53 Å². The van der Waals surface area contributed by atoms with Crippen molar-refractivity contribution in [1.29, 1.82) is 0 Å². The molecule has 3 heterocycles. The van der Waals surface area contributed by atoms with Crippen LogP contribution in [0.15, 0.2) is 18.2 Å². The summed E-state index contributed by atoms with van der Waals surface area (Å²) in [7, 11) is 2.22. The van der Waals surface area contributed by atoms with Gasteiger partial charge < -0.3 is 15.0 Å². The SMILES string of the molecule is CC1Cc2cccc(C(=O)NC3CC4CCC(C3)N4C)c2O1.Cl. The topological polar surface area (TPSA) is 41.6 Å². The van der Waals surface area contributed by atoms with Crippen LogP contribution >= 0.6 is 12.4 Å². The number of carbonyl (C=O) groups excluding carboxylic acids is 1. The largest absolute Gasteiger partial charge is 0.489 e. The Labute approximate surface area is 144 Å². The molecule has 1 N–H and O–H groups in total. The lowest BCUT2D eigenvalue weighted by Gasteiger charge is -2.36. The molecule has 3 atom stereocenters. The fraction of sp³-hybridized carbons (Fsp3) is 0.611. The van der Waals surface area contributed by atoms with Crippen molar-refractivity contribution in [1.82, 2.24) is 10.2 Å². The summed E-state index contributed by atoms with van der Waals surface area (Å²) in [6.07, 6.45) is 5.76. The fourth-order valence-electron chi connectivity index (χ4n) is 4.41. The predicted octanol–water partition coefficient (Wildman–Crippen LogP) is 2.79. The van der Waals surface area contributed by atoms with Crippen molar-refractivity contribution >= 4 is 18.3 Å². The number of carbonyl (C=O) groups is 1. The highest BCUT2D eigenvalue weighted by Gasteiger charge is 2.39. The van der Waals surface area contributed by atoms with Crippen LogP contribution in [-0.2, 0) is 6.42 Å². The zero-order valence-electron chi connectivity index (χ0n) is 13.7. The zero-order chi connectivity index (χ0) is 15.3. The number of ether oxygens (including phenoxy) is 1. The number of amides is 1. The van der Waals surface area contributed by atoms with Gasteiger partial charge >= 0.3 is 0 Å². The van der Waals surface area contributed by atoms with Crippen molar-refractivity contribution in [3.63, 3.8) is 0 Å². The molecule has 2 fully saturated rings. The van der Waals surface area contributed by atoms with Gasteiger partial charge in [0.2, 0.25) is 0 Å². The van der Waals surface area contributed by atoms with E-state index in [2.05, 4.69) is 30.3 Å². The third-order valence-corrected chi connectivity index (χ3v) is 5.60. The normalized spacial score (nSPS) is 31.9. The molecule has 126 valence electrons. The van der Waals surface area contributed by atoms with Gasteiger partial charge in [0.05, 0.1) is 5.56 Å². The van der Waals surface area contributed by atoms with E-state index in [1.54, 1.807) is 0 Å². The number of benzene rings is 1. The summed E-state index contributed by atoms with van der Waals surface area (Å²) in [5, 5.41) is 3.26. The lowest BCUT2D eigenvalue weighted by molar-refractivity contribution is 0.0878. The molecule has 2 saturated heterocycles. The van der Waals surface area contributed by atoms with Gasteiger partial charge in [0.15, 0.2) is 0 Å². The Balaban J connectivity index is 0.00000156. The second-order valence-corrected chi connectivity index (χ2v) is 7.12. The molecule has 3 aliphatic rings. The fourth-order valence-corrected chi connectivity index (χ4v) is 4.41. The van der Waals surface area contributed by atoms with Gasteiger partial charge in [-0.3, -0.25) is 4.79 Å². The molecular formula is C18H25ClN2O2. The molecule has 1 aromatic rings. The summed E-state index contributed by atoms with van der Waals surface area (Å²) in [6, 6.07) is 7.49. The third-order valence-electron chi connectivity index (χ3n) is 5.60. The van der Waals surface area contributed by atoms with Crippen LogP contribution in [0, 0.1) is 0 Å². The average molecular weight is 337 g/mol. The summed E-state index contributed by atoms with van der Waals surface area (Å²) >= 11 is 0. The monoisotopic (exact) mass is 336 g/mol. The van der Waals surface area contributed by atoms with Gasteiger partial charge in [-0.2, -0.15) is 0 Å². The maximum atomic E-state index is 12.7. The van der Waals surface area contributed by atoms with E-state index in [4.69, 9.17) is 4.74 Å². The minimum Gasteiger partial charge on any atom is -0.489 e. The first-order valence-corrected chi connectivity index (χ1v) is 8.43. The minimum atomic E-state index is 0. The Morgan fingerprint density at radius 2 is 1.96 bits per heavy atom. The van der Waals surface area contributed by atoms with Crippen molar-refractivity contribution in [2.24, 2.45) is 0 Å². The zero-order valence-corrected chi connectivity index (χ0v) is 14.6.